The Labute approximate surface area is 163 Å². The van der Waals surface area contributed by atoms with Gasteiger partial charge in [0.15, 0.2) is 5.82 Å². The van der Waals surface area contributed by atoms with E-state index in [0.717, 1.165) is 40.2 Å². The highest BCUT2D eigenvalue weighted by molar-refractivity contribution is 5.96. The number of carbonyl (C=O) groups is 1. The summed E-state index contributed by atoms with van der Waals surface area (Å²) in [7, 11) is 0. The smallest absolute Gasteiger partial charge is 0.228 e. The zero-order valence-electron chi connectivity index (χ0n) is 16.2. The van der Waals surface area contributed by atoms with Crippen molar-refractivity contribution in [3.05, 3.63) is 65.7 Å². The number of nitrogens with one attached hydrogen (secondary N) is 1. The normalized spacial score (nSPS) is 11.1. The lowest BCUT2D eigenvalue weighted by Gasteiger charge is -2.08. The standard InChI is InChI=1S/C22H22N4O2/c1-4-26-13-23-25-22(26)16-6-5-7-18(10-16)24-21(27)11-17-12-28-20-9-15(3)14(2)8-19(17)20/h5-10,12-13H,4,11H2,1-3H3,(H,24,27). The van der Waals surface area contributed by atoms with Crippen LogP contribution in [0.15, 0.2) is 53.4 Å². The molecule has 2 aromatic carbocycles. The Morgan fingerprint density at radius 2 is 2.00 bits per heavy atom. The van der Waals surface area contributed by atoms with Crippen LogP contribution in [0.25, 0.3) is 22.4 Å². The SMILES string of the molecule is CCn1cnnc1-c1cccc(NC(=O)Cc2coc3cc(C)c(C)cc23)c1. The van der Waals surface area contributed by atoms with Gasteiger partial charge in [-0.15, -0.1) is 10.2 Å². The Balaban J connectivity index is 1.53. The molecule has 0 saturated heterocycles. The summed E-state index contributed by atoms with van der Waals surface area (Å²) in [5.41, 5.74) is 5.70. The molecule has 4 aromatic rings. The number of aromatic nitrogens is 3. The molecule has 0 fully saturated rings. The highest BCUT2D eigenvalue weighted by Crippen LogP contribution is 2.26. The van der Waals surface area contributed by atoms with Gasteiger partial charge in [0.25, 0.3) is 0 Å². The minimum atomic E-state index is -0.0879. The maximum atomic E-state index is 12.6. The number of benzene rings is 2. The predicted molar refractivity (Wildman–Crippen MR) is 109 cm³/mol. The summed E-state index contributed by atoms with van der Waals surface area (Å²) in [4.78, 5) is 12.6. The molecule has 0 spiro atoms. The van der Waals surface area contributed by atoms with Gasteiger partial charge in [0, 0.05) is 28.7 Å². The van der Waals surface area contributed by atoms with E-state index in [2.05, 4.69) is 35.4 Å². The summed E-state index contributed by atoms with van der Waals surface area (Å²) < 4.78 is 7.59. The van der Waals surface area contributed by atoms with Crippen LogP contribution >= 0.6 is 0 Å². The zero-order chi connectivity index (χ0) is 19.7. The molecular formula is C22H22N4O2. The molecule has 0 aliphatic rings. The number of nitrogens with zero attached hydrogens (tertiary/aromatic N) is 3. The van der Waals surface area contributed by atoms with Crippen molar-refractivity contribution in [2.45, 2.75) is 33.7 Å². The Morgan fingerprint density at radius 1 is 1.18 bits per heavy atom. The third-order valence-corrected chi connectivity index (χ3v) is 4.98. The third kappa shape index (κ3) is 3.41. The molecule has 0 aliphatic carbocycles. The minimum Gasteiger partial charge on any atom is -0.464 e. The van der Waals surface area contributed by atoms with E-state index in [-0.39, 0.29) is 12.3 Å². The van der Waals surface area contributed by atoms with Crippen molar-refractivity contribution < 1.29 is 9.21 Å². The number of carbonyl (C=O) groups excluding carboxylic acids is 1. The van der Waals surface area contributed by atoms with Crippen molar-refractivity contribution >= 4 is 22.6 Å². The van der Waals surface area contributed by atoms with E-state index in [4.69, 9.17) is 4.42 Å². The van der Waals surface area contributed by atoms with Gasteiger partial charge in [-0.2, -0.15) is 0 Å². The van der Waals surface area contributed by atoms with Gasteiger partial charge in [-0.25, -0.2) is 0 Å². The van der Waals surface area contributed by atoms with Gasteiger partial charge in [-0.3, -0.25) is 4.79 Å². The first-order chi connectivity index (χ1) is 13.5. The Morgan fingerprint density at radius 3 is 2.82 bits per heavy atom. The summed E-state index contributed by atoms with van der Waals surface area (Å²) in [6.45, 7) is 6.94. The molecule has 0 atom stereocenters. The molecule has 0 saturated carbocycles. The summed E-state index contributed by atoms with van der Waals surface area (Å²) in [6, 6.07) is 11.7. The Hall–Kier alpha value is -3.41. The van der Waals surface area contributed by atoms with Crippen LogP contribution in [0.3, 0.4) is 0 Å². The molecule has 2 aromatic heterocycles. The second-order valence-corrected chi connectivity index (χ2v) is 6.94. The first kappa shape index (κ1) is 18.0. The van der Waals surface area contributed by atoms with Crippen LogP contribution in [0.2, 0.25) is 0 Å². The molecule has 0 aliphatic heterocycles. The van der Waals surface area contributed by atoms with Gasteiger partial charge < -0.3 is 14.3 Å². The van der Waals surface area contributed by atoms with Crippen LogP contribution in [-0.4, -0.2) is 20.7 Å². The maximum Gasteiger partial charge on any atom is 0.228 e. The van der Waals surface area contributed by atoms with Gasteiger partial charge in [0.2, 0.25) is 5.91 Å². The molecule has 6 heteroatoms. The van der Waals surface area contributed by atoms with Gasteiger partial charge >= 0.3 is 0 Å². The van der Waals surface area contributed by atoms with Crippen molar-refractivity contribution in [1.29, 1.82) is 0 Å². The summed E-state index contributed by atoms with van der Waals surface area (Å²) in [6.07, 6.45) is 3.63. The van der Waals surface area contributed by atoms with Crippen LogP contribution < -0.4 is 5.32 Å². The van der Waals surface area contributed by atoms with Crippen LogP contribution in [-0.2, 0) is 17.8 Å². The predicted octanol–water partition coefficient (Wildman–Crippen LogP) is 4.51. The molecule has 6 nitrogen and oxygen atoms in total. The fraction of sp³-hybridized carbons (Fsp3) is 0.227. The van der Waals surface area contributed by atoms with Gasteiger partial charge in [-0.1, -0.05) is 12.1 Å². The van der Waals surface area contributed by atoms with Gasteiger partial charge in [0.05, 0.1) is 12.7 Å². The average molecular weight is 374 g/mol. The fourth-order valence-corrected chi connectivity index (χ4v) is 3.30. The van der Waals surface area contributed by atoms with Crippen LogP contribution in [0.4, 0.5) is 5.69 Å². The quantitative estimate of drug-likeness (QED) is 0.558. The van der Waals surface area contributed by atoms with E-state index >= 15 is 0 Å². The molecule has 142 valence electrons. The van der Waals surface area contributed by atoms with E-state index in [1.807, 2.05) is 41.8 Å². The van der Waals surface area contributed by atoms with Crippen molar-refractivity contribution in [2.24, 2.45) is 0 Å². The molecule has 0 radical (unpaired) electrons. The molecule has 1 amide bonds. The molecule has 2 heterocycles. The minimum absolute atomic E-state index is 0.0879. The summed E-state index contributed by atoms with van der Waals surface area (Å²) in [5.74, 6) is 0.695. The van der Waals surface area contributed by atoms with Crippen LogP contribution in [0.1, 0.15) is 23.6 Å². The lowest BCUT2D eigenvalue weighted by atomic mass is 10.0. The van der Waals surface area contributed by atoms with E-state index in [1.54, 1.807) is 12.6 Å². The van der Waals surface area contributed by atoms with E-state index in [1.165, 1.54) is 11.1 Å². The van der Waals surface area contributed by atoms with Crippen LogP contribution in [0, 0.1) is 13.8 Å². The summed E-state index contributed by atoms with van der Waals surface area (Å²) in [5, 5.41) is 12.1. The highest BCUT2D eigenvalue weighted by atomic mass is 16.3. The number of furan rings is 1. The Kier molecular flexibility index (Phi) is 4.69. The second kappa shape index (κ2) is 7.31. The highest BCUT2D eigenvalue weighted by Gasteiger charge is 2.13. The zero-order valence-corrected chi connectivity index (χ0v) is 16.2. The number of fused-ring (bicyclic) bond motifs is 1. The molecule has 1 N–H and O–H groups in total. The molecule has 28 heavy (non-hydrogen) atoms. The largest absolute Gasteiger partial charge is 0.464 e. The molecule has 0 bridgehead atoms. The van der Waals surface area contributed by atoms with Gasteiger partial charge in [-0.05, 0) is 56.2 Å². The molecular weight excluding hydrogens is 352 g/mol. The van der Waals surface area contributed by atoms with Crippen molar-refractivity contribution in [1.82, 2.24) is 14.8 Å². The van der Waals surface area contributed by atoms with Crippen molar-refractivity contribution in [3.8, 4) is 11.4 Å². The van der Waals surface area contributed by atoms with Gasteiger partial charge in [0.1, 0.15) is 11.9 Å². The van der Waals surface area contributed by atoms with Crippen molar-refractivity contribution in [3.63, 3.8) is 0 Å². The number of aryl methyl sites for hydroxylation is 3. The van der Waals surface area contributed by atoms with Crippen molar-refractivity contribution in [2.75, 3.05) is 5.32 Å². The van der Waals surface area contributed by atoms with E-state index in [9.17, 15) is 4.79 Å². The fourth-order valence-electron chi connectivity index (χ4n) is 3.30. The summed E-state index contributed by atoms with van der Waals surface area (Å²) >= 11 is 0. The lowest BCUT2D eigenvalue weighted by Crippen LogP contribution is -2.14. The maximum absolute atomic E-state index is 12.6. The second-order valence-electron chi connectivity index (χ2n) is 6.94. The first-order valence-electron chi connectivity index (χ1n) is 9.30. The monoisotopic (exact) mass is 374 g/mol. The van der Waals surface area contributed by atoms with Crippen LogP contribution in [0.5, 0.6) is 0 Å². The van der Waals surface area contributed by atoms with E-state index in [0.29, 0.717) is 0 Å². The Bertz CT molecular complexity index is 1160. The number of anilines is 1. The average Bonchev–Trinajstić information content (AvgIpc) is 3.30. The number of hydrogen-bond acceptors (Lipinski definition) is 4. The molecule has 4 rings (SSSR count). The number of amides is 1. The molecule has 0 unspecified atom stereocenters. The third-order valence-electron chi connectivity index (χ3n) is 4.98. The lowest BCUT2D eigenvalue weighted by molar-refractivity contribution is -0.115. The number of hydrogen-bond donors (Lipinski definition) is 1. The topological polar surface area (TPSA) is 73.0 Å². The first-order valence-corrected chi connectivity index (χ1v) is 9.30. The van der Waals surface area contributed by atoms with E-state index < -0.39 is 0 Å². The number of rotatable bonds is 5.